The maximum Gasteiger partial charge on any atom is 0.255 e. The van der Waals surface area contributed by atoms with Gasteiger partial charge in [-0.1, -0.05) is 11.6 Å². The molecule has 0 aliphatic carbocycles. The number of nitrogens with two attached hydrogens (primary N) is 1. The molecule has 1 aromatic rings. The number of halogens is 2. The molecule has 1 amide bonds. The number of amides is 1. The predicted octanol–water partition coefficient (Wildman–Crippen LogP) is 1.53. The van der Waals surface area contributed by atoms with Gasteiger partial charge in [-0.3, -0.25) is 4.79 Å². The van der Waals surface area contributed by atoms with Gasteiger partial charge in [-0.25, -0.2) is 4.39 Å². The molecular formula is C11H12ClFN2O2. The fraction of sp³-hybridized carbons (Fsp3) is 0.364. The number of nitrogens with zero attached hydrogens (tertiary/aromatic N) is 1. The lowest BCUT2D eigenvalue weighted by molar-refractivity contribution is 0.0303. The number of nitrogen functional groups attached to an aromatic ring is 1. The van der Waals surface area contributed by atoms with Crippen molar-refractivity contribution in [2.24, 2.45) is 0 Å². The molecule has 17 heavy (non-hydrogen) atoms. The minimum atomic E-state index is -0.633. The molecule has 1 aliphatic heterocycles. The second-order valence-corrected chi connectivity index (χ2v) is 4.17. The van der Waals surface area contributed by atoms with E-state index in [1.807, 2.05) is 0 Å². The third-order valence-corrected chi connectivity index (χ3v) is 2.93. The zero-order valence-electron chi connectivity index (χ0n) is 9.08. The summed E-state index contributed by atoms with van der Waals surface area (Å²) in [5.41, 5.74) is 5.44. The highest BCUT2D eigenvalue weighted by molar-refractivity contribution is 6.34. The van der Waals surface area contributed by atoms with E-state index in [-0.39, 0.29) is 22.2 Å². The van der Waals surface area contributed by atoms with Gasteiger partial charge in [0, 0.05) is 13.1 Å². The number of benzene rings is 1. The number of rotatable bonds is 1. The van der Waals surface area contributed by atoms with Crippen molar-refractivity contribution in [3.8, 4) is 0 Å². The zero-order valence-corrected chi connectivity index (χ0v) is 9.84. The lowest BCUT2D eigenvalue weighted by Crippen LogP contribution is -2.40. The summed E-state index contributed by atoms with van der Waals surface area (Å²) < 4.78 is 18.4. The number of ether oxygens (including phenoxy) is 1. The molecule has 1 aliphatic rings. The molecule has 0 spiro atoms. The molecule has 0 radical (unpaired) electrons. The van der Waals surface area contributed by atoms with E-state index < -0.39 is 5.82 Å². The van der Waals surface area contributed by atoms with Crippen LogP contribution in [0.3, 0.4) is 0 Å². The van der Waals surface area contributed by atoms with Crippen molar-refractivity contribution in [1.82, 2.24) is 4.90 Å². The highest BCUT2D eigenvalue weighted by Gasteiger charge is 2.21. The average molecular weight is 259 g/mol. The van der Waals surface area contributed by atoms with Crippen molar-refractivity contribution in [2.45, 2.75) is 0 Å². The number of hydrogen-bond acceptors (Lipinski definition) is 3. The van der Waals surface area contributed by atoms with Crippen LogP contribution in [0.15, 0.2) is 12.1 Å². The highest BCUT2D eigenvalue weighted by Crippen LogP contribution is 2.23. The Labute approximate surface area is 103 Å². The summed E-state index contributed by atoms with van der Waals surface area (Å²) in [5.74, 6) is -0.928. The Balaban J connectivity index is 2.26. The maximum absolute atomic E-state index is 13.3. The molecule has 6 heteroatoms. The standard InChI is InChI=1S/C11H12ClFN2O2/c12-8-6-10(14)9(13)5-7(8)11(16)15-1-3-17-4-2-15/h5-6H,1-4,14H2. The van der Waals surface area contributed by atoms with Crippen LogP contribution in [0.4, 0.5) is 10.1 Å². The summed E-state index contributed by atoms with van der Waals surface area (Å²) >= 11 is 5.89. The van der Waals surface area contributed by atoms with Crippen molar-refractivity contribution in [1.29, 1.82) is 0 Å². The van der Waals surface area contributed by atoms with Crippen LogP contribution < -0.4 is 5.73 Å². The first-order chi connectivity index (χ1) is 8.09. The van der Waals surface area contributed by atoms with Gasteiger partial charge in [0.1, 0.15) is 5.82 Å². The first kappa shape index (κ1) is 12.1. The number of hydrogen-bond donors (Lipinski definition) is 1. The Morgan fingerprint density at radius 3 is 2.71 bits per heavy atom. The van der Waals surface area contributed by atoms with E-state index in [9.17, 15) is 9.18 Å². The van der Waals surface area contributed by atoms with E-state index in [0.29, 0.717) is 26.3 Å². The second-order valence-electron chi connectivity index (χ2n) is 3.76. The molecule has 1 heterocycles. The van der Waals surface area contributed by atoms with Crippen LogP contribution in [0.2, 0.25) is 5.02 Å². The van der Waals surface area contributed by atoms with Crippen LogP contribution in [0.5, 0.6) is 0 Å². The zero-order chi connectivity index (χ0) is 12.4. The van der Waals surface area contributed by atoms with Crippen LogP contribution in [0.1, 0.15) is 10.4 Å². The molecule has 1 fully saturated rings. The monoisotopic (exact) mass is 258 g/mol. The largest absolute Gasteiger partial charge is 0.396 e. The Morgan fingerprint density at radius 1 is 1.41 bits per heavy atom. The average Bonchev–Trinajstić information content (AvgIpc) is 2.34. The molecular weight excluding hydrogens is 247 g/mol. The Morgan fingerprint density at radius 2 is 2.06 bits per heavy atom. The number of morpholine rings is 1. The summed E-state index contributed by atoms with van der Waals surface area (Å²) in [6.45, 7) is 1.95. The summed E-state index contributed by atoms with van der Waals surface area (Å²) in [6, 6.07) is 2.33. The van der Waals surface area contributed by atoms with Crippen molar-refractivity contribution >= 4 is 23.2 Å². The second kappa shape index (κ2) is 4.89. The van der Waals surface area contributed by atoms with E-state index in [2.05, 4.69) is 0 Å². The van der Waals surface area contributed by atoms with Gasteiger partial charge < -0.3 is 15.4 Å². The Bertz CT molecular complexity index is 447. The molecule has 0 aromatic heterocycles. The number of anilines is 1. The quantitative estimate of drug-likeness (QED) is 0.778. The summed E-state index contributed by atoms with van der Waals surface area (Å²) in [4.78, 5) is 13.6. The van der Waals surface area contributed by atoms with E-state index in [4.69, 9.17) is 22.1 Å². The van der Waals surface area contributed by atoms with Crippen LogP contribution in [0.25, 0.3) is 0 Å². The van der Waals surface area contributed by atoms with Crippen molar-refractivity contribution in [3.05, 3.63) is 28.5 Å². The highest BCUT2D eigenvalue weighted by atomic mass is 35.5. The fourth-order valence-electron chi connectivity index (χ4n) is 1.66. The maximum atomic E-state index is 13.3. The van der Waals surface area contributed by atoms with Crippen molar-refractivity contribution in [2.75, 3.05) is 32.0 Å². The number of carbonyl (C=O) groups excluding carboxylic acids is 1. The van der Waals surface area contributed by atoms with Crippen molar-refractivity contribution < 1.29 is 13.9 Å². The van der Waals surface area contributed by atoms with Crippen LogP contribution in [-0.4, -0.2) is 37.1 Å². The first-order valence-electron chi connectivity index (χ1n) is 5.21. The minimum Gasteiger partial charge on any atom is -0.396 e. The summed E-state index contributed by atoms with van der Waals surface area (Å²) in [5, 5.41) is 0.167. The van der Waals surface area contributed by atoms with Crippen LogP contribution >= 0.6 is 11.6 Å². The third kappa shape index (κ3) is 2.50. The molecule has 1 saturated heterocycles. The molecule has 0 bridgehead atoms. The van der Waals surface area contributed by atoms with Gasteiger partial charge in [0.15, 0.2) is 0 Å². The van der Waals surface area contributed by atoms with Crippen molar-refractivity contribution in [3.63, 3.8) is 0 Å². The van der Waals surface area contributed by atoms with Gasteiger partial charge in [0.05, 0.1) is 29.5 Å². The van der Waals surface area contributed by atoms with Gasteiger partial charge >= 0.3 is 0 Å². The lowest BCUT2D eigenvalue weighted by Gasteiger charge is -2.27. The molecule has 2 rings (SSSR count). The molecule has 4 nitrogen and oxygen atoms in total. The molecule has 1 aromatic carbocycles. The normalized spacial score (nSPS) is 16.0. The van der Waals surface area contributed by atoms with E-state index in [1.54, 1.807) is 4.90 Å². The van der Waals surface area contributed by atoms with Gasteiger partial charge in [-0.2, -0.15) is 0 Å². The topological polar surface area (TPSA) is 55.6 Å². The number of carbonyl (C=O) groups is 1. The smallest absolute Gasteiger partial charge is 0.255 e. The van der Waals surface area contributed by atoms with Crippen LogP contribution in [0, 0.1) is 5.82 Å². The Hall–Kier alpha value is -1.33. The third-order valence-electron chi connectivity index (χ3n) is 2.62. The lowest BCUT2D eigenvalue weighted by atomic mass is 10.1. The van der Waals surface area contributed by atoms with E-state index in [0.717, 1.165) is 6.07 Å². The van der Waals surface area contributed by atoms with Gasteiger partial charge in [0.2, 0.25) is 0 Å². The van der Waals surface area contributed by atoms with Gasteiger partial charge in [0.25, 0.3) is 5.91 Å². The van der Waals surface area contributed by atoms with E-state index in [1.165, 1.54) is 6.07 Å². The van der Waals surface area contributed by atoms with Gasteiger partial charge in [-0.15, -0.1) is 0 Å². The predicted molar refractivity (Wildman–Crippen MR) is 62.5 cm³/mol. The summed E-state index contributed by atoms with van der Waals surface area (Å²) in [7, 11) is 0. The molecule has 0 unspecified atom stereocenters. The SMILES string of the molecule is Nc1cc(Cl)c(C(=O)N2CCOCC2)cc1F. The molecule has 0 saturated carbocycles. The van der Waals surface area contributed by atoms with E-state index >= 15 is 0 Å². The Kier molecular flexibility index (Phi) is 3.49. The first-order valence-corrected chi connectivity index (χ1v) is 5.59. The molecule has 2 N–H and O–H groups in total. The summed E-state index contributed by atoms with van der Waals surface area (Å²) in [6.07, 6.45) is 0. The minimum absolute atomic E-state index is 0.0615. The van der Waals surface area contributed by atoms with Crippen LogP contribution in [-0.2, 0) is 4.74 Å². The molecule has 92 valence electrons. The fourth-order valence-corrected chi connectivity index (χ4v) is 1.92. The van der Waals surface area contributed by atoms with Gasteiger partial charge in [-0.05, 0) is 12.1 Å². The molecule has 0 atom stereocenters.